The van der Waals surface area contributed by atoms with Gasteiger partial charge in [-0.3, -0.25) is 0 Å². The predicted octanol–water partition coefficient (Wildman–Crippen LogP) is 2.11. The van der Waals surface area contributed by atoms with Crippen LogP contribution in [0.1, 0.15) is 30.2 Å². The molecule has 16 heavy (non-hydrogen) atoms. The minimum Gasteiger partial charge on any atom is -0.420 e. The van der Waals surface area contributed by atoms with Gasteiger partial charge in [0, 0.05) is 11.5 Å². The second kappa shape index (κ2) is 3.72. The molecule has 1 aromatic heterocycles. The smallest absolute Gasteiger partial charge is 0.247 e. The minimum absolute atomic E-state index is 0.0530. The molecule has 1 saturated carbocycles. The highest BCUT2D eigenvalue weighted by atomic mass is 16.4. The first-order valence-electron chi connectivity index (χ1n) is 5.40. The van der Waals surface area contributed by atoms with E-state index in [1.807, 2.05) is 24.3 Å². The molecule has 0 spiro atoms. The zero-order valence-corrected chi connectivity index (χ0v) is 8.76. The molecule has 0 bridgehead atoms. The van der Waals surface area contributed by atoms with Crippen molar-refractivity contribution in [2.24, 2.45) is 0 Å². The summed E-state index contributed by atoms with van der Waals surface area (Å²) in [6.07, 6.45) is 2.32. The molecule has 2 aromatic rings. The predicted molar refractivity (Wildman–Crippen MR) is 57.6 cm³/mol. The van der Waals surface area contributed by atoms with Gasteiger partial charge in [0.15, 0.2) is 0 Å². The zero-order valence-electron chi connectivity index (χ0n) is 8.76. The van der Waals surface area contributed by atoms with E-state index in [2.05, 4.69) is 10.2 Å². The molecular formula is C12H12N2O2. The van der Waals surface area contributed by atoms with Crippen LogP contribution in [0.2, 0.25) is 0 Å². The van der Waals surface area contributed by atoms with E-state index in [0.29, 0.717) is 11.8 Å². The Bertz CT molecular complexity index is 486. The normalized spacial score (nSPS) is 15.3. The highest BCUT2D eigenvalue weighted by Gasteiger charge is 2.29. The molecule has 1 aliphatic rings. The molecule has 1 N–H and O–H groups in total. The molecule has 0 unspecified atom stereocenters. The summed E-state index contributed by atoms with van der Waals surface area (Å²) in [6.45, 7) is 0.0530. The Balaban J connectivity index is 1.88. The summed E-state index contributed by atoms with van der Waals surface area (Å²) >= 11 is 0. The van der Waals surface area contributed by atoms with Crippen LogP contribution in [0.4, 0.5) is 0 Å². The molecule has 0 atom stereocenters. The topological polar surface area (TPSA) is 59.2 Å². The number of aromatic nitrogens is 2. The first-order valence-corrected chi connectivity index (χ1v) is 5.40. The third kappa shape index (κ3) is 1.72. The number of nitrogens with zero attached hydrogens (tertiary/aromatic N) is 2. The summed E-state index contributed by atoms with van der Waals surface area (Å²) in [5, 5.41) is 17.0. The maximum Gasteiger partial charge on any atom is 0.247 e. The van der Waals surface area contributed by atoms with Gasteiger partial charge in [0.1, 0.15) is 0 Å². The van der Waals surface area contributed by atoms with Gasteiger partial charge in [-0.05, 0) is 30.5 Å². The fourth-order valence-corrected chi connectivity index (χ4v) is 1.60. The van der Waals surface area contributed by atoms with Gasteiger partial charge in [-0.2, -0.15) is 0 Å². The Morgan fingerprint density at radius 2 is 1.94 bits per heavy atom. The Morgan fingerprint density at radius 1 is 1.19 bits per heavy atom. The van der Waals surface area contributed by atoms with Crippen molar-refractivity contribution in [3.05, 3.63) is 35.7 Å². The summed E-state index contributed by atoms with van der Waals surface area (Å²) in [6, 6.07) is 7.48. The Hall–Kier alpha value is -1.68. The van der Waals surface area contributed by atoms with Gasteiger partial charge in [0.2, 0.25) is 11.8 Å². The lowest BCUT2D eigenvalue weighted by atomic mass is 10.1. The molecular weight excluding hydrogens is 204 g/mol. The summed E-state index contributed by atoms with van der Waals surface area (Å²) < 4.78 is 5.58. The van der Waals surface area contributed by atoms with Crippen molar-refractivity contribution in [1.29, 1.82) is 0 Å². The lowest BCUT2D eigenvalue weighted by molar-refractivity contribution is 0.282. The average Bonchev–Trinajstić information content (AvgIpc) is 3.08. The van der Waals surface area contributed by atoms with Crippen LogP contribution >= 0.6 is 0 Å². The van der Waals surface area contributed by atoms with Crippen molar-refractivity contribution in [2.75, 3.05) is 0 Å². The van der Waals surface area contributed by atoms with Crippen LogP contribution in [0.25, 0.3) is 11.5 Å². The molecule has 1 heterocycles. The van der Waals surface area contributed by atoms with Crippen LogP contribution in [0.3, 0.4) is 0 Å². The minimum atomic E-state index is 0.0530. The standard InChI is InChI=1S/C12H12N2O2/c15-7-8-1-3-9(4-2-8)11-13-14-12(16-11)10-5-6-10/h1-4,10,15H,5-7H2. The zero-order chi connectivity index (χ0) is 11.0. The second-order valence-electron chi connectivity index (χ2n) is 4.07. The van der Waals surface area contributed by atoms with Gasteiger partial charge in [0.25, 0.3) is 0 Å². The maximum absolute atomic E-state index is 8.93. The van der Waals surface area contributed by atoms with E-state index >= 15 is 0 Å². The third-order valence-corrected chi connectivity index (χ3v) is 2.75. The molecule has 3 rings (SSSR count). The third-order valence-electron chi connectivity index (χ3n) is 2.75. The lowest BCUT2D eigenvalue weighted by Crippen LogP contribution is -1.83. The summed E-state index contributed by atoms with van der Waals surface area (Å²) in [4.78, 5) is 0. The van der Waals surface area contributed by atoms with Crippen molar-refractivity contribution in [3.8, 4) is 11.5 Å². The number of benzene rings is 1. The molecule has 4 heteroatoms. The molecule has 0 aliphatic heterocycles. The number of rotatable bonds is 3. The fourth-order valence-electron chi connectivity index (χ4n) is 1.60. The van der Waals surface area contributed by atoms with Crippen LogP contribution in [-0.2, 0) is 6.61 Å². The molecule has 0 radical (unpaired) electrons. The molecule has 1 aromatic carbocycles. The number of aliphatic hydroxyl groups is 1. The first kappa shape index (κ1) is 9.54. The number of hydrogen-bond donors (Lipinski definition) is 1. The van der Waals surface area contributed by atoms with E-state index in [-0.39, 0.29) is 6.61 Å². The van der Waals surface area contributed by atoms with Crippen molar-refractivity contribution >= 4 is 0 Å². The second-order valence-corrected chi connectivity index (χ2v) is 4.07. The highest BCUT2D eigenvalue weighted by Crippen LogP contribution is 2.39. The van der Waals surface area contributed by atoms with Crippen LogP contribution in [0.15, 0.2) is 28.7 Å². The molecule has 1 fully saturated rings. The van der Waals surface area contributed by atoms with E-state index in [1.54, 1.807) is 0 Å². The van der Waals surface area contributed by atoms with Crippen molar-refractivity contribution in [1.82, 2.24) is 10.2 Å². The summed E-state index contributed by atoms with van der Waals surface area (Å²) in [7, 11) is 0. The molecule has 0 saturated heterocycles. The highest BCUT2D eigenvalue weighted by molar-refractivity contribution is 5.53. The Morgan fingerprint density at radius 3 is 2.56 bits per heavy atom. The molecule has 1 aliphatic carbocycles. The van der Waals surface area contributed by atoms with Gasteiger partial charge in [-0.1, -0.05) is 12.1 Å². The van der Waals surface area contributed by atoms with Gasteiger partial charge in [-0.25, -0.2) is 0 Å². The van der Waals surface area contributed by atoms with E-state index in [1.165, 1.54) is 0 Å². The summed E-state index contributed by atoms with van der Waals surface area (Å²) in [5.74, 6) is 1.80. The van der Waals surface area contributed by atoms with Gasteiger partial charge >= 0.3 is 0 Å². The number of hydrogen-bond acceptors (Lipinski definition) is 4. The number of aliphatic hydroxyl groups excluding tert-OH is 1. The molecule has 0 amide bonds. The lowest BCUT2D eigenvalue weighted by Gasteiger charge is -1.97. The van der Waals surface area contributed by atoms with E-state index in [0.717, 1.165) is 29.9 Å². The van der Waals surface area contributed by atoms with Gasteiger partial charge in [0.05, 0.1) is 6.61 Å². The van der Waals surface area contributed by atoms with Crippen molar-refractivity contribution < 1.29 is 9.52 Å². The monoisotopic (exact) mass is 216 g/mol. The maximum atomic E-state index is 8.93. The first-order chi connectivity index (χ1) is 7.86. The van der Waals surface area contributed by atoms with Crippen LogP contribution in [-0.4, -0.2) is 15.3 Å². The Kier molecular flexibility index (Phi) is 2.22. The van der Waals surface area contributed by atoms with E-state index in [4.69, 9.17) is 9.52 Å². The van der Waals surface area contributed by atoms with E-state index in [9.17, 15) is 0 Å². The van der Waals surface area contributed by atoms with Crippen LogP contribution < -0.4 is 0 Å². The quantitative estimate of drug-likeness (QED) is 0.853. The average molecular weight is 216 g/mol. The van der Waals surface area contributed by atoms with Crippen molar-refractivity contribution in [3.63, 3.8) is 0 Å². The van der Waals surface area contributed by atoms with Gasteiger partial charge in [-0.15, -0.1) is 10.2 Å². The largest absolute Gasteiger partial charge is 0.420 e. The van der Waals surface area contributed by atoms with Crippen molar-refractivity contribution in [2.45, 2.75) is 25.4 Å². The Labute approximate surface area is 92.9 Å². The fraction of sp³-hybridized carbons (Fsp3) is 0.333. The van der Waals surface area contributed by atoms with E-state index < -0.39 is 0 Å². The SMILES string of the molecule is OCc1ccc(-c2nnc(C3CC3)o2)cc1. The van der Waals surface area contributed by atoms with Crippen LogP contribution in [0, 0.1) is 0 Å². The molecule has 82 valence electrons. The van der Waals surface area contributed by atoms with Gasteiger partial charge < -0.3 is 9.52 Å². The summed E-state index contributed by atoms with van der Waals surface area (Å²) in [5.41, 5.74) is 1.78. The molecule has 4 nitrogen and oxygen atoms in total. The van der Waals surface area contributed by atoms with Crippen LogP contribution in [0.5, 0.6) is 0 Å².